The van der Waals surface area contributed by atoms with Crippen LogP contribution in [-0.4, -0.2) is 36.5 Å². The maximum absolute atomic E-state index is 3.50. The van der Waals surface area contributed by atoms with Gasteiger partial charge in [-0.05, 0) is 44.3 Å². The highest BCUT2D eigenvalue weighted by molar-refractivity contribution is 7.98. The summed E-state index contributed by atoms with van der Waals surface area (Å²) in [6.45, 7) is 7.61. The molecule has 0 saturated heterocycles. The number of thioether (sulfide) groups is 1. The van der Waals surface area contributed by atoms with Crippen LogP contribution in [0.4, 0.5) is 0 Å². The monoisotopic (exact) mass is 280 g/mol. The van der Waals surface area contributed by atoms with E-state index in [2.05, 4.69) is 61.6 Å². The number of hydrogen-bond acceptors (Lipinski definition) is 3. The topological polar surface area (TPSA) is 15.3 Å². The van der Waals surface area contributed by atoms with Gasteiger partial charge in [-0.2, -0.15) is 11.8 Å². The molecule has 0 fully saturated rings. The molecule has 1 atom stereocenters. The summed E-state index contributed by atoms with van der Waals surface area (Å²) in [5, 5.41) is 3.50. The van der Waals surface area contributed by atoms with E-state index >= 15 is 0 Å². The van der Waals surface area contributed by atoms with E-state index in [9.17, 15) is 0 Å². The molecular weight excluding hydrogens is 252 g/mol. The van der Waals surface area contributed by atoms with E-state index in [1.165, 1.54) is 23.3 Å². The summed E-state index contributed by atoms with van der Waals surface area (Å²) in [6.07, 6.45) is 3.36. The van der Waals surface area contributed by atoms with Crippen LogP contribution in [0, 0.1) is 0 Å². The summed E-state index contributed by atoms with van der Waals surface area (Å²) in [7, 11) is 2.22. The summed E-state index contributed by atoms with van der Waals surface area (Å²) in [6, 6.07) is 9.39. The van der Waals surface area contributed by atoms with Gasteiger partial charge in [-0.1, -0.05) is 31.2 Å². The minimum Gasteiger partial charge on any atom is -0.313 e. The van der Waals surface area contributed by atoms with E-state index in [1.54, 1.807) is 0 Å². The van der Waals surface area contributed by atoms with E-state index in [-0.39, 0.29) is 0 Å². The number of nitrogens with one attached hydrogen (secondary N) is 1. The molecule has 1 aromatic carbocycles. The minimum atomic E-state index is 0.617. The van der Waals surface area contributed by atoms with E-state index in [1.807, 2.05) is 11.8 Å². The minimum absolute atomic E-state index is 0.617. The molecule has 0 amide bonds. The molecule has 0 heterocycles. The first kappa shape index (κ1) is 16.5. The summed E-state index contributed by atoms with van der Waals surface area (Å²) in [5.41, 5.74) is 2.88. The van der Waals surface area contributed by atoms with Crippen molar-refractivity contribution >= 4 is 11.8 Å². The predicted octanol–water partition coefficient (Wildman–Crippen LogP) is 3.37. The molecule has 108 valence electrons. The zero-order valence-corrected chi connectivity index (χ0v) is 13.6. The van der Waals surface area contributed by atoms with E-state index < -0.39 is 0 Å². The largest absolute Gasteiger partial charge is 0.313 e. The summed E-state index contributed by atoms with van der Waals surface area (Å²) < 4.78 is 0. The van der Waals surface area contributed by atoms with Gasteiger partial charge in [0.05, 0.1) is 0 Å². The Hall–Kier alpha value is -0.510. The molecular formula is C16H28N2S. The molecule has 0 spiro atoms. The Morgan fingerprint density at radius 2 is 1.95 bits per heavy atom. The first-order valence-electron chi connectivity index (χ1n) is 7.15. The third kappa shape index (κ3) is 5.98. The lowest BCUT2D eigenvalue weighted by Gasteiger charge is -2.25. The Kier molecular flexibility index (Phi) is 8.19. The van der Waals surface area contributed by atoms with Crippen molar-refractivity contribution in [3.63, 3.8) is 0 Å². The summed E-state index contributed by atoms with van der Waals surface area (Å²) >= 11 is 1.92. The maximum Gasteiger partial charge on any atom is 0.0237 e. The van der Waals surface area contributed by atoms with Crippen LogP contribution in [0.2, 0.25) is 0 Å². The second-order valence-corrected chi connectivity index (χ2v) is 6.08. The molecule has 0 aliphatic carbocycles. The van der Waals surface area contributed by atoms with Gasteiger partial charge in [0.25, 0.3) is 0 Å². The fourth-order valence-electron chi connectivity index (χ4n) is 2.08. The molecule has 1 unspecified atom stereocenters. The molecule has 0 radical (unpaired) electrons. The van der Waals surface area contributed by atoms with Crippen LogP contribution >= 0.6 is 11.8 Å². The van der Waals surface area contributed by atoms with Gasteiger partial charge in [0.1, 0.15) is 0 Å². The quantitative estimate of drug-likeness (QED) is 0.698. The third-order valence-corrected chi connectivity index (χ3v) is 4.26. The van der Waals surface area contributed by atoms with Crippen molar-refractivity contribution in [3.8, 4) is 0 Å². The van der Waals surface area contributed by atoms with Crippen molar-refractivity contribution in [2.24, 2.45) is 0 Å². The molecule has 0 aliphatic heterocycles. The van der Waals surface area contributed by atoms with Crippen LogP contribution in [-0.2, 0) is 13.1 Å². The lowest BCUT2D eigenvalue weighted by Crippen LogP contribution is -2.31. The molecule has 1 rings (SSSR count). The van der Waals surface area contributed by atoms with Crippen LogP contribution in [0.25, 0.3) is 0 Å². The Bertz CT molecular complexity index is 354. The molecule has 0 saturated carbocycles. The third-order valence-electron chi connectivity index (χ3n) is 3.44. The Morgan fingerprint density at radius 1 is 1.26 bits per heavy atom. The van der Waals surface area contributed by atoms with E-state index in [0.29, 0.717) is 6.04 Å². The van der Waals surface area contributed by atoms with Crippen LogP contribution in [0.3, 0.4) is 0 Å². The molecule has 3 heteroatoms. The van der Waals surface area contributed by atoms with Crippen molar-refractivity contribution < 1.29 is 0 Å². The zero-order valence-electron chi connectivity index (χ0n) is 12.8. The van der Waals surface area contributed by atoms with Gasteiger partial charge in [-0.15, -0.1) is 0 Å². The summed E-state index contributed by atoms with van der Waals surface area (Å²) in [4.78, 5) is 2.44. The van der Waals surface area contributed by atoms with Crippen LogP contribution < -0.4 is 5.32 Å². The first-order chi connectivity index (χ1) is 9.19. The second-order valence-electron chi connectivity index (χ2n) is 5.16. The molecule has 19 heavy (non-hydrogen) atoms. The van der Waals surface area contributed by atoms with Crippen molar-refractivity contribution in [2.75, 3.05) is 25.6 Å². The summed E-state index contributed by atoms with van der Waals surface area (Å²) in [5.74, 6) is 1.19. The van der Waals surface area contributed by atoms with Crippen LogP contribution in [0.1, 0.15) is 31.4 Å². The number of rotatable bonds is 9. The Morgan fingerprint density at radius 3 is 2.58 bits per heavy atom. The van der Waals surface area contributed by atoms with Crippen molar-refractivity contribution in [2.45, 2.75) is 39.4 Å². The van der Waals surface area contributed by atoms with Gasteiger partial charge in [0.2, 0.25) is 0 Å². The molecule has 1 N–H and O–H groups in total. The highest BCUT2D eigenvalue weighted by Gasteiger charge is 2.10. The van der Waals surface area contributed by atoms with Gasteiger partial charge >= 0.3 is 0 Å². The van der Waals surface area contributed by atoms with Crippen molar-refractivity contribution in [1.29, 1.82) is 0 Å². The Balaban J connectivity index is 2.61. The zero-order chi connectivity index (χ0) is 14.1. The maximum atomic E-state index is 3.50. The second kappa shape index (κ2) is 9.40. The lowest BCUT2D eigenvalue weighted by atomic mass is 10.1. The van der Waals surface area contributed by atoms with Gasteiger partial charge in [0, 0.05) is 24.9 Å². The standard InChI is InChI=1S/C16H28N2S/c1-5-10-17-11-15-8-6-7-9-16(15)12-18(3)14(2)13-19-4/h6-9,14,17H,5,10-13H2,1-4H3. The van der Waals surface area contributed by atoms with Crippen LogP contribution in [0.5, 0.6) is 0 Å². The predicted molar refractivity (Wildman–Crippen MR) is 87.8 cm³/mol. The van der Waals surface area contributed by atoms with Gasteiger partial charge < -0.3 is 5.32 Å². The number of nitrogens with zero attached hydrogens (tertiary/aromatic N) is 1. The molecule has 0 aliphatic rings. The molecule has 1 aromatic rings. The Labute approximate surface area is 123 Å². The molecule has 0 bridgehead atoms. The smallest absolute Gasteiger partial charge is 0.0237 e. The normalized spacial score (nSPS) is 12.9. The fraction of sp³-hybridized carbons (Fsp3) is 0.625. The van der Waals surface area contributed by atoms with E-state index in [0.717, 1.165) is 19.6 Å². The van der Waals surface area contributed by atoms with Gasteiger partial charge in [-0.25, -0.2) is 0 Å². The number of hydrogen-bond donors (Lipinski definition) is 1. The molecule has 2 nitrogen and oxygen atoms in total. The lowest BCUT2D eigenvalue weighted by molar-refractivity contribution is 0.269. The fourth-order valence-corrected chi connectivity index (χ4v) is 2.81. The van der Waals surface area contributed by atoms with Gasteiger partial charge in [0.15, 0.2) is 0 Å². The first-order valence-corrected chi connectivity index (χ1v) is 8.55. The number of benzene rings is 1. The van der Waals surface area contributed by atoms with Crippen molar-refractivity contribution in [3.05, 3.63) is 35.4 Å². The SMILES string of the molecule is CCCNCc1ccccc1CN(C)C(C)CSC. The van der Waals surface area contributed by atoms with E-state index in [4.69, 9.17) is 0 Å². The van der Waals surface area contributed by atoms with Crippen LogP contribution in [0.15, 0.2) is 24.3 Å². The molecule has 0 aromatic heterocycles. The highest BCUT2D eigenvalue weighted by atomic mass is 32.2. The highest BCUT2D eigenvalue weighted by Crippen LogP contribution is 2.14. The van der Waals surface area contributed by atoms with Gasteiger partial charge in [-0.3, -0.25) is 4.90 Å². The average molecular weight is 280 g/mol. The average Bonchev–Trinajstić information content (AvgIpc) is 2.41. The van der Waals surface area contributed by atoms with Crippen molar-refractivity contribution in [1.82, 2.24) is 10.2 Å².